The number of hydrogen-bond acceptors (Lipinski definition) is 6. The molecule has 11 heteroatoms. The zero-order chi connectivity index (χ0) is 17.2. The van der Waals surface area contributed by atoms with Crippen molar-refractivity contribution in [3.8, 4) is 5.95 Å². The summed E-state index contributed by atoms with van der Waals surface area (Å²) >= 11 is 5.66. The van der Waals surface area contributed by atoms with E-state index in [1.54, 1.807) is 6.07 Å². The van der Waals surface area contributed by atoms with E-state index in [9.17, 15) is 12.8 Å². The van der Waals surface area contributed by atoms with Gasteiger partial charge in [-0.15, -0.1) is 0 Å². The first-order chi connectivity index (χ1) is 11.4. The van der Waals surface area contributed by atoms with Crippen molar-refractivity contribution in [1.29, 1.82) is 0 Å². The van der Waals surface area contributed by atoms with Gasteiger partial charge in [-0.25, -0.2) is 22.8 Å². The van der Waals surface area contributed by atoms with E-state index in [0.717, 1.165) is 10.7 Å². The minimum atomic E-state index is -3.83. The van der Waals surface area contributed by atoms with Crippen LogP contribution < -0.4 is 4.72 Å². The Labute approximate surface area is 141 Å². The maximum Gasteiger partial charge on any atom is 0.253 e. The van der Waals surface area contributed by atoms with Gasteiger partial charge in [-0.1, -0.05) is 17.7 Å². The molecule has 2 heterocycles. The Hall–Kier alpha value is -2.59. The van der Waals surface area contributed by atoms with E-state index in [0.29, 0.717) is 5.56 Å². The predicted octanol–water partition coefficient (Wildman–Crippen LogP) is 1.79. The summed E-state index contributed by atoms with van der Waals surface area (Å²) in [7, 11) is -3.83. The average Bonchev–Trinajstić information content (AvgIpc) is 2.99. The van der Waals surface area contributed by atoms with Crippen molar-refractivity contribution in [2.75, 3.05) is 4.72 Å². The number of nitrogens with one attached hydrogen (secondary N) is 1. The summed E-state index contributed by atoms with van der Waals surface area (Å²) in [4.78, 5) is 11.8. The lowest BCUT2D eigenvalue weighted by Gasteiger charge is -2.08. The molecular weight excluding hydrogens is 359 g/mol. The Morgan fingerprint density at radius 3 is 2.67 bits per heavy atom. The van der Waals surface area contributed by atoms with Crippen LogP contribution in [0.3, 0.4) is 0 Å². The molecule has 124 valence electrons. The van der Waals surface area contributed by atoms with Crippen LogP contribution in [-0.2, 0) is 15.8 Å². The molecule has 0 radical (unpaired) electrons. The predicted molar refractivity (Wildman–Crippen MR) is 84.6 cm³/mol. The average molecular weight is 369 g/mol. The van der Waals surface area contributed by atoms with Crippen molar-refractivity contribution in [3.63, 3.8) is 0 Å². The third-order valence-corrected chi connectivity index (χ3v) is 4.37. The maximum atomic E-state index is 13.1. The van der Waals surface area contributed by atoms with Crippen LogP contribution in [0.4, 0.5) is 10.3 Å². The fourth-order valence-corrected chi connectivity index (χ4v) is 3.19. The molecule has 0 saturated carbocycles. The van der Waals surface area contributed by atoms with Crippen LogP contribution in [0.15, 0.2) is 43.0 Å². The monoisotopic (exact) mass is 368 g/mol. The zero-order valence-electron chi connectivity index (χ0n) is 12.0. The van der Waals surface area contributed by atoms with Crippen LogP contribution in [0, 0.1) is 5.82 Å². The Morgan fingerprint density at radius 1 is 1.21 bits per heavy atom. The smallest absolute Gasteiger partial charge is 0.251 e. The van der Waals surface area contributed by atoms with E-state index in [1.165, 1.54) is 30.9 Å². The largest absolute Gasteiger partial charge is 0.253 e. The number of anilines is 1. The fraction of sp³-hybridized carbons (Fsp3) is 0.0769. The molecule has 0 saturated heterocycles. The second-order valence-electron chi connectivity index (χ2n) is 4.65. The van der Waals surface area contributed by atoms with Crippen molar-refractivity contribution < 1.29 is 12.8 Å². The quantitative estimate of drug-likeness (QED) is 0.736. The van der Waals surface area contributed by atoms with Gasteiger partial charge in [-0.2, -0.15) is 14.8 Å². The Morgan fingerprint density at radius 2 is 1.96 bits per heavy atom. The summed E-state index contributed by atoms with van der Waals surface area (Å²) < 4.78 is 41.1. The third kappa shape index (κ3) is 3.66. The van der Waals surface area contributed by atoms with Crippen LogP contribution >= 0.6 is 11.6 Å². The molecule has 0 aliphatic heterocycles. The molecule has 0 spiro atoms. The van der Waals surface area contributed by atoms with E-state index in [2.05, 4.69) is 24.8 Å². The molecule has 8 nitrogen and oxygen atoms in total. The van der Waals surface area contributed by atoms with Crippen LogP contribution in [0.2, 0.25) is 5.02 Å². The maximum absolute atomic E-state index is 13.1. The van der Waals surface area contributed by atoms with Crippen molar-refractivity contribution in [2.24, 2.45) is 0 Å². The number of benzene rings is 1. The summed E-state index contributed by atoms with van der Waals surface area (Å²) in [6.07, 6.45) is 4.15. The van der Waals surface area contributed by atoms with Gasteiger partial charge in [0.25, 0.3) is 5.95 Å². The molecule has 1 aromatic carbocycles. The molecule has 0 bridgehead atoms. The van der Waals surface area contributed by atoms with E-state index < -0.39 is 21.6 Å². The first-order valence-electron chi connectivity index (χ1n) is 6.56. The number of halogens is 2. The minimum absolute atomic E-state index is 0.0607. The van der Waals surface area contributed by atoms with Crippen LogP contribution in [-0.4, -0.2) is 33.2 Å². The van der Waals surface area contributed by atoms with Crippen molar-refractivity contribution in [3.05, 3.63) is 59.4 Å². The van der Waals surface area contributed by atoms with E-state index in [-0.39, 0.29) is 16.9 Å². The molecule has 0 fully saturated rings. The highest BCUT2D eigenvalue weighted by molar-refractivity contribution is 7.91. The fourth-order valence-electron chi connectivity index (χ4n) is 1.88. The summed E-state index contributed by atoms with van der Waals surface area (Å²) in [5.74, 6) is -0.922. The molecule has 2 aromatic heterocycles. The van der Waals surface area contributed by atoms with E-state index in [1.807, 2.05) is 0 Å². The Balaban J connectivity index is 1.83. The molecular formula is C13H10ClFN6O2S. The van der Waals surface area contributed by atoms with Gasteiger partial charge >= 0.3 is 0 Å². The van der Waals surface area contributed by atoms with Gasteiger partial charge in [0.05, 0.1) is 10.8 Å². The van der Waals surface area contributed by atoms with Crippen LogP contribution in [0.25, 0.3) is 5.95 Å². The van der Waals surface area contributed by atoms with Crippen LogP contribution in [0.1, 0.15) is 5.56 Å². The van der Waals surface area contributed by atoms with E-state index in [4.69, 9.17) is 11.6 Å². The molecule has 0 amide bonds. The summed E-state index contributed by atoms with van der Waals surface area (Å²) in [6, 6.07) is 5.31. The first kappa shape index (κ1) is 16.3. The minimum Gasteiger partial charge on any atom is -0.251 e. The molecule has 1 N–H and O–H groups in total. The normalized spacial score (nSPS) is 11.4. The van der Waals surface area contributed by atoms with Gasteiger partial charge in [0.15, 0.2) is 0 Å². The third-order valence-electron chi connectivity index (χ3n) is 2.88. The van der Waals surface area contributed by atoms with E-state index >= 15 is 0 Å². The number of nitrogens with zero attached hydrogens (tertiary/aromatic N) is 5. The van der Waals surface area contributed by atoms with Gasteiger partial charge in [0.1, 0.15) is 12.1 Å². The number of hydrogen-bond donors (Lipinski definition) is 1. The molecule has 0 aliphatic carbocycles. The van der Waals surface area contributed by atoms with Crippen LogP contribution in [0.5, 0.6) is 0 Å². The molecule has 3 aromatic rings. The molecule has 24 heavy (non-hydrogen) atoms. The Kier molecular flexibility index (Phi) is 4.40. The highest BCUT2D eigenvalue weighted by atomic mass is 35.5. The van der Waals surface area contributed by atoms with Crippen molar-refractivity contribution in [1.82, 2.24) is 24.7 Å². The Bertz CT molecular complexity index is 964. The number of sulfonamides is 1. The zero-order valence-corrected chi connectivity index (χ0v) is 13.5. The molecule has 0 aliphatic rings. The molecule has 0 atom stereocenters. The summed E-state index contributed by atoms with van der Waals surface area (Å²) in [5, 5.41) is 3.74. The number of rotatable bonds is 5. The first-order valence-corrected chi connectivity index (χ1v) is 8.59. The van der Waals surface area contributed by atoms with Gasteiger partial charge < -0.3 is 0 Å². The lowest BCUT2D eigenvalue weighted by Crippen LogP contribution is -2.19. The van der Waals surface area contributed by atoms with Gasteiger partial charge in [-0.3, -0.25) is 4.72 Å². The standard InChI is InChI=1S/C13H10ClFN6O2S/c14-10-6-9(2-3-11(10)15)7-24(22,23)20-13-18-8-19-21(13)12-16-4-1-5-17-12/h1-6,8H,7H2,(H,18,19,20). The SMILES string of the molecule is O=S(=O)(Cc1ccc(F)c(Cl)c1)Nc1ncnn1-c1ncccn1. The van der Waals surface area contributed by atoms with Gasteiger partial charge in [0.2, 0.25) is 16.0 Å². The summed E-state index contributed by atoms with van der Waals surface area (Å²) in [5.41, 5.74) is 0.330. The molecule has 0 unspecified atom stereocenters. The lowest BCUT2D eigenvalue weighted by molar-refractivity contribution is 0.599. The summed E-state index contributed by atoms with van der Waals surface area (Å²) in [6.45, 7) is 0. The highest BCUT2D eigenvalue weighted by Gasteiger charge is 2.18. The second kappa shape index (κ2) is 6.49. The lowest BCUT2D eigenvalue weighted by atomic mass is 10.2. The van der Waals surface area contributed by atoms with Gasteiger partial charge in [0, 0.05) is 12.4 Å². The topological polar surface area (TPSA) is 103 Å². The second-order valence-corrected chi connectivity index (χ2v) is 6.78. The van der Waals surface area contributed by atoms with Crippen molar-refractivity contribution >= 4 is 27.6 Å². The van der Waals surface area contributed by atoms with Gasteiger partial charge in [-0.05, 0) is 23.8 Å². The van der Waals surface area contributed by atoms with Crippen molar-refractivity contribution in [2.45, 2.75) is 5.75 Å². The number of aromatic nitrogens is 5. The highest BCUT2D eigenvalue weighted by Crippen LogP contribution is 2.18. The molecule has 3 rings (SSSR count).